The summed E-state index contributed by atoms with van der Waals surface area (Å²) in [6, 6.07) is 9.62. The number of benzene rings is 1. The van der Waals surface area contributed by atoms with E-state index in [1.54, 1.807) is 4.52 Å². The number of aromatic amines is 1. The lowest BCUT2D eigenvalue weighted by Gasteiger charge is -2.09. The van der Waals surface area contributed by atoms with Gasteiger partial charge in [-0.05, 0) is 37.6 Å². The molecule has 0 aliphatic carbocycles. The summed E-state index contributed by atoms with van der Waals surface area (Å²) in [5.74, 6) is 0.837. The second-order valence-electron chi connectivity index (χ2n) is 4.87. The lowest BCUT2D eigenvalue weighted by molar-refractivity contribution is 0.242. The van der Waals surface area contributed by atoms with Crippen LogP contribution in [0.1, 0.15) is 13.8 Å². The predicted octanol–water partition coefficient (Wildman–Crippen LogP) is 2.48. The van der Waals surface area contributed by atoms with Gasteiger partial charge in [-0.3, -0.25) is 4.79 Å². The third-order valence-electron chi connectivity index (χ3n) is 2.97. The van der Waals surface area contributed by atoms with Gasteiger partial charge in [0.05, 0.1) is 6.10 Å². The quantitative estimate of drug-likeness (QED) is 0.794. The van der Waals surface area contributed by atoms with E-state index in [9.17, 15) is 4.79 Å². The summed E-state index contributed by atoms with van der Waals surface area (Å²) in [6.07, 6.45) is 3.38. The lowest BCUT2D eigenvalue weighted by atomic mass is 10.1. The van der Waals surface area contributed by atoms with Crippen molar-refractivity contribution in [1.29, 1.82) is 0 Å². The number of hydrogen-bond donors (Lipinski definition) is 1. The van der Waals surface area contributed by atoms with Gasteiger partial charge in [0, 0.05) is 11.8 Å². The summed E-state index contributed by atoms with van der Waals surface area (Å²) in [5.41, 5.74) is 2.35. The molecule has 0 saturated carbocycles. The highest BCUT2D eigenvalue weighted by atomic mass is 16.5. The van der Waals surface area contributed by atoms with Crippen LogP contribution >= 0.6 is 0 Å². The zero-order chi connectivity index (χ0) is 14.1. The number of fused-ring (bicyclic) bond motifs is 1. The number of rotatable bonds is 3. The standard InChI is InChI=1S/C15H15N3O2/c1-10(2)20-13-5-3-11(4-6-13)12-7-14-15(19)16-9-17-18(14)8-12/h3-10H,1-2H3,(H,16,17,19). The van der Waals surface area contributed by atoms with Gasteiger partial charge in [-0.1, -0.05) is 12.1 Å². The summed E-state index contributed by atoms with van der Waals surface area (Å²) in [7, 11) is 0. The molecule has 3 aromatic rings. The minimum Gasteiger partial charge on any atom is -0.491 e. The summed E-state index contributed by atoms with van der Waals surface area (Å²) in [6.45, 7) is 3.98. The SMILES string of the molecule is CC(C)Oc1ccc(-c2cc3c(=O)[nH]cnn3c2)cc1. The van der Waals surface area contributed by atoms with Crippen LogP contribution in [0, 0.1) is 0 Å². The molecule has 20 heavy (non-hydrogen) atoms. The van der Waals surface area contributed by atoms with Gasteiger partial charge < -0.3 is 9.72 Å². The van der Waals surface area contributed by atoms with Gasteiger partial charge in [0.1, 0.15) is 17.6 Å². The van der Waals surface area contributed by atoms with Crippen LogP contribution in [0.2, 0.25) is 0 Å². The molecular formula is C15H15N3O2. The van der Waals surface area contributed by atoms with Crippen LogP contribution in [-0.4, -0.2) is 20.7 Å². The van der Waals surface area contributed by atoms with Crippen molar-refractivity contribution >= 4 is 5.52 Å². The lowest BCUT2D eigenvalue weighted by Crippen LogP contribution is -2.09. The molecule has 5 heteroatoms. The maximum Gasteiger partial charge on any atom is 0.275 e. The molecule has 0 amide bonds. The average Bonchev–Trinajstić information content (AvgIpc) is 2.84. The van der Waals surface area contributed by atoms with Crippen LogP contribution in [0.4, 0.5) is 0 Å². The van der Waals surface area contributed by atoms with Crippen molar-refractivity contribution in [2.75, 3.05) is 0 Å². The summed E-state index contributed by atoms with van der Waals surface area (Å²) in [4.78, 5) is 14.2. The van der Waals surface area contributed by atoms with Gasteiger partial charge in [0.15, 0.2) is 0 Å². The maximum absolute atomic E-state index is 11.7. The molecular weight excluding hydrogens is 254 g/mol. The van der Waals surface area contributed by atoms with E-state index in [1.165, 1.54) is 6.33 Å². The Morgan fingerprint density at radius 2 is 1.95 bits per heavy atom. The molecule has 0 fully saturated rings. The van der Waals surface area contributed by atoms with E-state index in [1.807, 2.05) is 50.4 Å². The summed E-state index contributed by atoms with van der Waals surface area (Å²) >= 11 is 0. The zero-order valence-electron chi connectivity index (χ0n) is 11.3. The van der Waals surface area contributed by atoms with Crippen molar-refractivity contribution in [2.45, 2.75) is 20.0 Å². The van der Waals surface area contributed by atoms with E-state index < -0.39 is 0 Å². The third kappa shape index (κ3) is 2.30. The Hall–Kier alpha value is -2.56. The van der Waals surface area contributed by atoms with E-state index in [2.05, 4.69) is 10.1 Å². The maximum atomic E-state index is 11.7. The third-order valence-corrected chi connectivity index (χ3v) is 2.97. The number of nitrogens with zero attached hydrogens (tertiary/aromatic N) is 2. The highest BCUT2D eigenvalue weighted by molar-refractivity contribution is 5.69. The van der Waals surface area contributed by atoms with E-state index in [4.69, 9.17) is 4.74 Å². The largest absolute Gasteiger partial charge is 0.491 e. The Balaban J connectivity index is 1.98. The first-order valence-electron chi connectivity index (χ1n) is 6.46. The van der Waals surface area contributed by atoms with Crippen LogP contribution in [0.3, 0.4) is 0 Å². The number of H-pyrrole nitrogens is 1. The van der Waals surface area contributed by atoms with Crippen molar-refractivity contribution in [3.63, 3.8) is 0 Å². The minimum atomic E-state index is -0.147. The molecule has 2 heterocycles. The molecule has 1 N–H and O–H groups in total. The monoisotopic (exact) mass is 269 g/mol. The second-order valence-corrected chi connectivity index (χ2v) is 4.87. The fourth-order valence-electron chi connectivity index (χ4n) is 2.10. The van der Waals surface area contributed by atoms with Crippen molar-refractivity contribution in [1.82, 2.24) is 14.6 Å². The van der Waals surface area contributed by atoms with Crippen molar-refractivity contribution in [3.8, 4) is 16.9 Å². The van der Waals surface area contributed by atoms with Crippen LogP contribution in [0.15, 0.2) is 47.7 Å². The van der Waals surface area contributed by atoms with Crippen molar-refractivity contribution < 1.29 is 4.74 Å². The van der Waals surface area contributed by atoms with E-state index in [0.717, 1.165) is 16.9 Å². The predicted molar refractivity (Wildman–Crippen MR) is 77.0 cm³/mol. The molecule has 0 bridgehead atoms. The van der Waals surface area contributed by atoms with Gasteiger partial charge in [0.25, 0.3) is 5.56 Å². The average molecular weight is 269 g/mol. The molecule has 0 aliphatic rings. The summed E-state index contributed by atoms with van der Waals surface area (Å²) < 4.78 is 7.19. The molecule has 0 spiro atoms. The Kier molecular flexibility index (Phi) is 3.02. The molecule has 2 aromatic heterocycles. The van der Waals surface area contributed by atoms with Crippen LogP contribution < -0.4 is 10.3 Å². The second kappa shape index (κ2) is 4.85. The van der Waals surface area contributed by atoms with Crippen molar-refractivity contribution in [2.24, 2.45) is 0 Å². The fourth-order valence-corrected chi connectivity index (χ4v) is 2.10. The zero-order valence-corrected chi connectivity index (χ0v) is 11.3. The highest BCUT2D eigenvalue weighted by Crippen LogP contribution is 2.24. The smallest absolute Gasteiger partial charge is 0.275 e. The first kappa shape index (κ1) is 12.5. The number of aromatic nitrogens is 3. The van der Waals surface area contributed by atoms with Gasteiger partial charge in [-0.15, -0.1) is 0 Å². The van der Waals surface area contributed by atoms with Gasteiger partial charge in [-0.2, -0.15) is 5.10 Å². The van der Waals surface area contributed by atoms with E-state index in [0.29, 0.717) is 5.52 Å². The number of hydrogen-bond acceptors (Lipinski definition) is 3. The Labute approximate surface area is 115 Å². The first-order chi connectivity index (χ1) is 9.63. The molecule has 0 unspecified atom stereocenters. The van der Waals surface area contributed by atoms with Gasteiger partial charge in [0.2, 0.25) is 0 Å². The Morgan fingerprint density at radius 1 is 1.20 bits per heavy atom. The number of ether oxygens (including phenoxy) is 1. The molecule has 102 valence electrons. The Morgan fingerprint density at radius 3 is 2.60 bits per heavy atom. The first-order valence-corrected chi connectivity index (χ1v) is 6.46. The molecule has 3 rings (SSSR count). The summed E-state index contributed by atoms with van der Waals surface area (Å²) in [5, 5.41) is 4.08. The minimum absolute atomic E-state index is 0.147. The van der Waals surface area contributed by atoms with E-state index >= 15 is 0 Å². The highest BCUT2D eigenvalue weighted by Gasteiger charge is 2.06. The van der Waals surface area contributed by atoms with Crippen molar-refractivity contribution in [3.05, 3.63) is 53.2 Å². The molecule has 0 atom stereocenters. The van der Waals surface area contributed by atoms with E-state index in [-0.39, 0.29) is 11.7 Å². The molecule has 5 nitrogen and oxygen atoms in total. The van der Waals surface area contributed by atoms with Gasteiger partial charge in [-0.25, -0.2) is 4.52 Å². The van der Waals surface area contributed by atoms with Gasteiger partial charge >= 0.3 is 0 Å². The Bertz CT molecular complexity index is 785. The van der Waals surface area contributed by atoms with Crippen LogP contribution in [0.5, 0.6) is 5.75 Å². The van der Waals surface area contributed by atoms with Crippen LogP contribution in [-0.2, 0) is 0 Å². The molecule has 0 radical (unpaired) electrons. The fraction of sp³-hybridized carbons (Fsp3) is 0.200. The molecule has 0 saturated heterocycles. The topological polar surface area (TPSA) is 59.4 Å². The molecule has 1 aromatic carbocycles. The number of nitrogens with one attached hydrogen (secondary N) is 1. The van der Waals surface area contributed by atoms with Crippen LogP contribution in [0.25, 0.3) is 16.6 Å². The normalized spacial score (nSPS) is 11.2. The molecule has 0 aliphatic heterocycles.